The average molecular weight is 374 g/mol. The molecule has 1 amide bonds. The molecule has 0 aliphatic carbocycles. The van der Waals surface area contributed by atoms with Crippen LogP contribution in [-0.2, 0) is 9.53 Å². The molecule has 1 aliphatic heterocycles. The lowest BCUT2D eigenvalue weighted by atomic mass is 10.1. The van der Waals surface area contributed by atoms with Gasteiger partial charge < -0.3 is 24.3 Å². The van der Waals surface area contributed by atoms with Gasteiger partial charge in [0.25, 0.3) is 11.6 Å². The second-order valence-electron chi connectivity index (χ2n) is 5.30. The van der Waals surface area contributed by atoms with Crippen LogP contribution in [0.15, 0.2) is 36.4 Å². The number of para-hydroxylation sites is 2. The van der Waals surface area contributed by atoms with Crippen molar-refractivity contribution < 1.29 is 33.5 Å². The number of carbonyl (C=O) groups is 2. The van der Waals surface area contributed by atoms with E-state index >= 15 is 0 Å². The molecule has 0 saturated heterocycles. The molecule has 1 aliphatic rings. The fourth-order valence-electron chi connectivity index (χ4n) is 2.39. The van der Waals surface area contributed by atoms with Crippen LogP contribution >= 0.6 is 0 Å². The molecule has 1 N–H and O–H groups in total. The van der Waals surface area contributed by atoms with Crippen LogP contribution in [0, 0.1) is 10.1 Å². The van der Waals surface area contributed by atoms with Crippen LogP contribution in [-0.4, -0.2) is 37.3 Å². The summed E-state index contributed by atoms with van der Waals surface area (Å²) in [6, 6.07) is 8.92. The summed E-state index contributed by atoms with van der Waals surface area (Å²) >= 11 is 0. The van der Waals surface area contributed by atoms with Crippen molar-refractivity contribution in [3.05, 3.63) is 52.1 Å². The number of nitrogens with zero attached hydrogens (tertiary/aromatic N) is 1. The molecule has 27 heavy (non-hydrogen) atoms. The van der Waals surface area contributed by atoms with Gasteiger partial charge in [-0.2, -0.15) is 0 Å². The molecular formula is C17H14N2O8. The highest BCUT2D eigenvalue weighted by atomic mass is 16.7. The number of anilines is 1. The number of benzene rings is 2. The molecule has 140 valence electrons. The minimum Gasteiger partial charge on any atom is -0.495 e. The molecular weight excluding hydrogens is 360 g/mol. The smallest absolute Gasteiger partial charge is 0.345 e. The van der Waals surface area contributed by atoms with Gasteiger partial charge in [0.1, 0.15) is 11.3 Å². The van der Waals surface area contributed by atoms with Crippen LogP contribution in [0.3, 0.4) is 0 Å². The van der Waals surface area contributed by atoms with Crippen molar-refractivity contribution in [1.29, 1.82) is 0 Å². The molecule has 0 aromatic heterocycles. The number of amides is 1. The first-order valence-electron chi connectivity index (χ1n) is 7.67. The molecule has 10 nitrogen and oxygen atoms in total. The Kier molecular flexibility index (Phi) is 5.06. The molecule has 0 saturated carbocycles. The van der Waals surface area contributed by atoms with Crippen molar-refractivity contribution in [3.63, 3.8) is 0 Å². The quantitative estimate of drug-likeness (QED) is 0.463. The number of esters is 1. The fourth-order valence-corrected chi connectivity index (χ4v) is 2.39. The Morgan fingerprint density at radius 3 is 2.63 bits per heavy atom. The third kappa shape index (κ3) is 3.89. The van der Waals surface area contributed by atoms with E-state index in [-0.39, 0.29) is 23.9 Å². The minimum absolute atomic E-state index is 0.105. The number of hydrogen-bond donors (Lipinski definition) is 1. The molecule has 0 radical (unpaired) electrons. The minimum atomic E-state index is -1.03. The summed E-state index contributed by atoms with van der Waals surface area (Å²) in [5.74, 6) is -0.881. The van der Waals surface area contributed by atoms with E-state index in [4.69, 9.17) is 18.9 Å². The summed E-state index contributed by atoms with van der Waals surface area (Å²) in [7, 11) is 1.45. The SMILES string of the molecule is COc1ccccc1NC(=O)COC(=O)c1cc2c(cc1[N+](=O)[O-])OCO2. The topological polar surface area (TPSA) is 126 Å². The van der Waals surface area contributed by atoms with Crippen molar-refractivity contribution in [3.8, 4) is 17.2 Å². The summed E-state index contributed by atoms with van der Waals surface area (Å²) in [6.45, 7) is -0.741. The van der Waals surface area contributed by atoms with Crippen molar-refractivity contribution in [2.24, 2.45) is 0 Å². The summed E-state index contributed by atoms with van der Waals surface area (Å²) in [5, 5.41) is 13.7. The Balaban J connectivity index is 1.69. The van der Waals surface area contributed by atoms with E-state index in [1.165, 1.54) is 7.11 Å². The van der Waals surface area contributed by atoms with Gasteiger partial charge in [0.05, 0.1) is 23.8 Å². The normalized spacial score (nSPS) is 11.6. The van der Waals surface area contributed by atoms with Gasteiger partial charge in [-0.15, -0.1) is 0 Å². The largest absolute Gasteiger partial charge is 0.495 e. The van der Waals surface area contributed by atoms with Gasteiger partial charge in [-0.05, 0) is 12.1 Å². The molecule has 0 fully saturated rings. The summed E-state index contributed by atoms with van der Waals surface area (Å²) in [6.07, 6.45) is 0. The van der Waals surface area contributed by atoms with Gasteiger partial charge in [-0.1, -0.05) is 12.1 Å². The maximum absolute atomic E-state index is 12.2. The number of rotatable bonds is 6. The summed E-state index contributed by atoms with van der Waals surface area (Å²) in [4.78, 5) is 34.7. The molecule has 2 aromatic rings. The number of nitro groups is 1. The van der Waals surface area contributed by atoms with E-state index in [0.717, 1.165) is 12.1 Å². The second kappa shape index (κ2) is 7.60. The van der Waals surface area contributed by atoms with Crippen LogP contribution in [0.4, 0.5) is 11.4 Å². The molecule has 2 aromatic carbocycles. The highest BCUT2D eigenvalue weighted by Crippen LogP contribution is 2.38. The van der Waals surface area contributed by atoms with E-state index in [1.54, 1.807) is 24.3 Å². The molecule has 0 spiro atoms. The van der Waals surface area contributed by atoms with Gasteiger partial charge >= 0.3 is 5.97 Å². The third-order valence-electron chi connectivity index (χ3n) is 3.62. The molecule has 1 heterocycles. The first-order chi connectivity index (χ1) is 13.0. The lowest BCUT2D eigenvalue weighted by Crippen LogP contribution is -2.21. The monoisotopic (exact) mass is 374 g/mol. The Hall–Kier alpha value is -3.82. The zero-order valence-electron chi connectivity index (χ0n) is 14.1. The van der Waals surface area contributed by atoms with E-state index < -0.39 is 29.1 Å². The van der Waals surface area contributed by atoms with Crippen LogP contribution in [0.25, 0.3) is 0 Å². The second-order valence-corrected chi connectivity index (χ2v) is 5.30. The van der Waals surface area contributed by atoms with E-state index in [1.807, 2.05) is 0 Å². The zero-order valence-corrected chi connectivity index (χ0v) is 14.1. The molecule has 10 heteroatoms. The highest BCUT2D eigenvalue weighted by molar-refractivity contribution is 5.98. The molecule has 0 unspecified atom stereocenters. The first-order valence-corrected chi connectivity index (χ1v) is 7.67. The number of hydrogen-bond acceptors (Lipinski definition) is 8. The Labute approximate surface area is 152 Å². The fraction of sp³-hybridized carbons (Fsp3) is 0.176. The van der Waals surface area contributed by atoms with Crippen molar-refractivity contribution >= 4 is 23.3 Å². The van der Waals surface area contributed by atoms with Crippen LogP contribution < -0.4 is 19.5 Å². The van der Waals surface area contributed by atoms with Crippen molar-refractivity contribution in [2.45, 2.75) is 0 Å². The number of nitro benzene ring substituents is 1. The number of methoxy groups -OCH3 is 1. The van der Waals surface area contributed by atoms with Gasteiger partial charge in [-0.3, -0.25) is 14.9 Å². The molecule has 0 atom stereocenters. The Morgan fingerprint density at radius 2 is 1.93 bits per heavy atom. The van der Waals surface area contributed by atoms with Crippen molar-refractivity contribution in [1.82, 2.24) is 0 Å². The number of nitrogens with one attached hydrogen (secondary N) is 1. The van der Waals surface area contributed by atoms with Crippen molar-refractivity contribution in [2.75, 3.05) is 25.8 Å². The van der Waals surface area contributed by atoms with E-state index in [0.29, 0.717) is 11.4 Å². The predicted octanol–water partition coefficient (Wildman–Crippen LogP) is 2.13. The van der Waals surface area contributed by atoms with Crippen LogP contribution in [0.5, 0.6) is 17.2 Å². The highest BCUT2D eigenvalue weighted by Gasteiger charge is 2.28. The van der Waals surface area contributed by atoms with Gasteiger partial charge in [0.2, 0.25) is 6.79 Å². The third-order valence-corrected chi connectivity index (χ3v) is 3.62. The van der Waals surface area contributed by atoms with Gasteiger partial charge in [-0.25, -0.2) is 4.79 Å². The van der Waals surface area contributed by atoms with Gasteiger partial charge in [0, 0.05) is 6.07 Å². The summed E-state index contributed by atoms with van der Waals surface area (Å²) in [5.41, 5.74) is -0.446. The maximum Gasteiger partial charge on any atom is 0.345 e. The lowest BCUT2D eigenvalue weighted by molar-refractivity contribution is -0.385. The maximum atomic E-state index is 12.2. The first kappa shape index (κ1) is 18.0. The average Bonchev–Trinajstić information content (AvgIpc) is 3.13. The van der Waals surface area contributed by atoms with Crippen LogP contribution in [0.1, 0.15) is 10.4 Å². The number of carbonyl (C=O) groups excluding carboxylic acids is 2. The van der Waals surface area contributed by atoms with E-state index in [2.05, 4.69) is 5.32 Å². The molecule has 3 rings (SSSR count). The Morgan fingerprint density at radius 1 is 1.22 bits per heavy atom. The predicted molar refractivity (Wildman–Crippen MR) is 91.1 cm³/mol. The summed E-state index contributed by atoms with van der Waals surface area (Å²) < 4.78 is 20.2. The van der Waals surface area contributed by atoms with Gasteiger partial charge in [0.15, 0.2) is 18.1 Å². The lowest BCUT2D eigenvalue weighted by Gasteiger charge is -2.10. The standard InChI is InChI=1S/C17H14N2O8/c1-24-13-5-3-2-4-11(13)18-16(20)8-25-17(21)10-6-14-15(27-9-26-14)7-12(10)19(22)23/h2-7H,8-9H2,1H3,(H,18,20). The number of fused-ring (bicyclic) bond motifs is 1. The molecule has 0 bridgehead atoms. The Bertz CT molecular complexity index is 912. The van der Waals surface area contributed by atoms with Crippen LogP contribution in [0.2, 0.25) is 0 Å². The number of ether oxygens (including phenoxy) is 4. The van der Waals surface area contributed by atoms with E-state index in [9.17, 15) is 19.7 Å². The zero-order chi connectivity index (χ0) is 19.4.